The molecule has 0 saturated carbocycles. The molecule has 3 aromatic carbocycles. The van der Waals surface area contributed by atoms with E-state index < -0.39 is 0 Å². The van der Waals surface area contributed by atoms with Crippen molar-refractivity contribution in [3.63, 3.8) is 0 Å². The number of hydrogen-bond acceptors (Lipinski definition) is 6. The Morgan fingerprint density at radius 3 is 1.94 bits per heavy atom. The molecule has 0 bridgehead atoms. The number of ketones is 1. The summed E-state index contributed by atoms with van der Waals surface area (Å²) in [5.41, 5.74) is 2.80. The topological polar surface area (TPSA) is 70.8 Å². The molecular formula is C27H23NO5. The lowest BCUT2D eigenvalue weighted by Crippen LogP contribution is -2.04. The van der Waals surface area contributed by atoms with Gasteiger partial charge in [-0.3, -0.25) is 4.79 Å². The molecule has 4 aromatic rings. The Hall–Kier alpha value is -4.32. The van der Waals surface area contributed by atoms with Gasteiger partial charge in [0.2, 0.25) is 0 Å². The molecule has 0 aliphatic rings. The average Bonchev–Trinajstić information content (AvgIpc) is 3.32. The number of rotatable bonds is 9. The molecule has 1 heterocycles. The SMILES string of the molecule is C=CCOc1ccc(C(=O)c2c(-c3ccc(OC)cc3)noc2-c2ccc(OC)cc2)cc1. The van der Waals surface area contributed by atoms with Crippen LogP contribution in [0.15, 0.2) is 90.0 Å². The summed E-state index contributed by atoms with van der Waals surface area (Å²) in [6.07, 6.45) is 1.67. The number of hydrogen-bond donors (Lipinski definition) is 0. The van der Waals surface area contributed by atoms with Crippen LogP contribution in [0, 0.1) is 0 Å². The minimum Gasteiger partial charge on any atom is -0.497 e. The summed E-state index contributed by atoms with van der Waals surface area (Å²) in [6, 6.07) is 21.6. The lowest BCUT2D eigenvalue weighted by atomic mass is 9.95. The van der Waals surface area contributed by atoms with E-state index in [2.05, 4.69) is 11.7 Å². The van der Waals surface area contributed by atoms with E-state index in [0.29, 0.717) is 46.4 Å². The van der Waals surface area contributed by atoms with Gasteiger partial charge in [0.15, 0.2) is 11.5 Å². The molecule has 6 nitrogen and oxygen atoms in total. The van der Waals surface area contributed by atoms with E-state index in [4.69, 9.17) is 18.7 Å². The van der Waals surface area contributed by atoms with Crippen molar-refractivity contribution in [2.45, 2.75) is 0 Å². The zero-order valence-corrected chi connectivity index (χ0v) is 18.4. The maximum atomic E-state index is 13.7. The van der Waals surface area contributed by atoms with Crippen molar-refractivity contribution in [3.05, 3.63) is 96.6 Å². The molecule has 0 fully saturated rings. The molecule has 0 atom stereocenters. The standard InChI is InChI=1S/C27H23NO5/c1-4-17-32-23-15-7-19(8-16-23)26(29)24-25(18-5-11-21(30-2)12-6-18)28-33-27(24)20-9-13-22(31-3)14-10-20/h4-16H,1,17H2,2-3H3. The van der Waals surface area contributed by atoms with Crippen LogP contribution in [-0.4, -0.2) is 31.8 Å². The molecule has 6 heteroatoms. The van der Waals surface area contributed by atoms with Crippen molar-refractivity contribution < 1.29 is 23.5 Å². The third kappa shape index (κ3) is 4.65. The lowest BCUT2D eigenvalue weighted by Gasteiger charge is -2.07. The van der Waals surface area contributed by atoms with E-state index in [-0.39, 0.29) is 5.78 Å². The highest BCUT2D eigenvalue weighted by Crippen LogP contribution is 2.35. The molecule has 0 saturated heterocycles. The van der Waals surface area contributed by atoms with Crippen LogP contribution in [0.4, 0.5) is 0 Å². The number of nitrogens with zero attached hydrogens (tertiary/aromatic N) is 1. The number of ether oxygens (including phenoxy) is 3. The summed E-state index contributed by atoms with van der Waals surface area (Å²) in [4.78, 5) is 13.7. The Kier molecular flexibility index (Phi) is 6.55. The number of benzene rings is 3. The van der Waals surface area contributed by atoms with Crippen LogP contribution in [-0.2, 0) is 0 Å². The first-order valence-corrected chi connectivity index (χ1v) is 10.3. The lowest BCUT2D eigenvalue weighted by molar-refractivity contribution is 0.103. The Morgan fingerprint density at radius 2 is 1.39 bits per heavy atom. The molecular weight excluding hydrogens is 418 g/mol. The van der Waals surface area contributed by atoms with Crippen molar-refractivity contribution in [1.82, 2.24) is 5.16 Å². The second kappa shape index (κ2) is 9.87. The highest BCUT2D eigenvalue weighted by Gasteiger charge is 2.26. The normalized spacial score (nSPS) is 10.5. The predicted molar refractivity (Wildman–Crippen MR) is 126 cm³/mol. The molecule has 0 aliphatic carbocycles. The molecule has 0 amide bonds. The maximum Gasteiger partial charge on any atom is 0.199 e. The van der Waals surface area contributed by atoms with Gasteiger partial charge in [0.05, 0.1) is 19.8 Å². The van der Waals surface area contributed by atoms with Crippen LogP contribution in [0.2, 0.25) is 0 Å². The summed E-state index contributed by atoms with van der Waals surface area (Å²) >= 11 is 0. The number of carbonyl (C=O) groups excluding carboxylic acids is 1. The fourth-order valence-electron chi connectivity index (χ4n) is 3.39. The van der Waals surface area contributed by atoms with Crippen LogP contribution >= 0.6 is 0 Å². The van der Waals surface area contributed by atoms with Crippen molar-refractivity contribution in [2.75, 3.05) is 20.8 Å². The second-order valence-electron chi connectivity index (χ2n) is 7.15. The van der Waals surface area contributed by atoms with E-state index >= 15 is 0 Å². The van der Waals surface area contributed by atoms with Gasteiger partial charge in [-0.05, 0) is 72.8 Å². The summed E-state index contributed by atoms with van der Waals surface area (Å²) in [5.74, 6) is 2.25. The van der Waals surface area contributed by atoms with E-state index in [1.807, 2.05) is 48.5 Å². The number of aromatic nitrogens is 1. The van der Waals surface area contributed by atoms with Crippen molar-refractivity contribution in [2.24, 2.45) is 0 Å². The van der Waals surface area contributed by atoms with Crippen LogP contribution < -0.4 is 14.2 Å². The Bertz CT molecular complexity index is 1170. The van der Waals surface area contributed by atoms with Gasteiger partial charge in [0, 0.05) is 16.7 Å². The van der Waals surface area contributed by atoms with Gasteiger partial charge in [0.1, 0.15) is 29.5 Å². The molecule has 0 radical (unpaired) electrons. The third-order valence-corrected chi connectivity index (χ3v) is 5.12. The molecule has 0 unspecified atom stereocenters. The fraction of sp³-hybridized carbons (Fsp3) is 0.111. The zero-order chi connectivity index (χ0) is 23.2. The van der Waals surface area contributed by atoms with E-state index in [9.17, 15) is 4.79 Å². The quantitative estimate of drug-likeness (QED) is 0.241. The Labute approximate surface area is 192 Å². The predicted octanol–water partition coefficient (Wildman–Crippen LogP) is 5.82. The average molecular weight is 441 g/mol. The minimum absolute atomic E-state index is 0.205. The van der Waals surface area contributed by atoms with Gasteiger partial charge in [-0.1, -0.05) is 17.8 Å². The van der Waals surface area contributed by atoms with Gasteiger partial charge in [-0.25, -0.2) is 0 Å². The molecule has 33 heavy (non-hydrogen) atoms. The highest BCUT2D eigenvalue weighted by atomic mass is 16.5. The van der Waals surface area contributed by atoms with Gasteiger partial charge >= 0.3 is 0 Å². The van der Waals surface area contributed by atoms with Crippen LogP contribution in [0.3, 0.4) is 0 Å². The molecule has 0 aliphatic heterocycles. The molecule has 1 aromatic heterocycles. The van der Waals surface area contributed by atoms with Crippen molar-refractivity contribution >= 4 is 5.78 Å². The first-order valence-electron chi connectivity index (χ1n) is 10.3. The van der Waals surface area contributed by atoms with Gasteiger partial charge < -0.3 is 18.7 Å². The van der Waals surface area contributed by atoms with Crippen molar-refractivity contribution in [1.29, 1.82) is 0 Å². The molecule has 4 rings (SSSR count). The van der Waals surface area contributed by atoms with E-state index in [1.165, 1.54) is 0 Å². The Balaban J connectivity index is 1.79. The summed E-state index contributed by atoms with van der Waals surface area (Å²) in [6.45, 7) is 4.03. The minimum atomic E-state index is -0.205. The smallest absolute Gasteiger partial charge is 0.199 e. The first-order chi connectivity index (χ1) is 16.1. The second-order valence-corrected chi connectivity index (χ2v) is 7.15. The van der Waals surface area contributed by atoms with Gasteiger partial charge in [-0.15, -0.1) is 0 Å². The molecule has 0 N–H and O–H groups in total. The van der Waals surface area contributed by atoms with Gasteiger partial charge in [0.25, 0.3) is 0 Å². The fourth-order valence-corrected chi connectivity index (χ4v) is 3.39. The molecule has 166 valence electrons. The van der Waals surface area contributed by atoms with Crippen LogP contribution in [0.25, 0.3) is 22.6 Å². The maximum absolute atomic E-state index is 13.7. The molecule has 0 spiro atoms. The number of methoxy groups -OCH3 is 2. The zero-order valence-electron chi connectivity index (χ0n) is 18.4. The number of carbonyl (C=O) groups is 1. The first kappa shape index (κ1) is 21.9. The van der Waals surface area contributed by atoms with E-state index in [0.717, 1.165) is 11.1 Å². The van der Waals surface area contributed by atoms with Crippen LogP contribution in [0.1, 0.15) is 15.9 Å². The highest BCUT2D eigenvalue weighted by molar-refractivity contribution is 6.15. The summed E-state index contributed by atoms with van der Waals surface area (Å²) < 4.78 is 21.7. The monoisotopic (exact) mass is 441 g/mol. The van der Waals surface area contributed by atoms with Crippen molar-refractivity contribution in [3.8, 4) is 39.8 Å². The summed E-state index contributed by atoms with van der Waals surface area (Å²) in [5, 5.41) is 4.26. The Morgan fingerprint density at radius 1 is 0.848 bits per heavy atom. The summed E-state index contributed by atoms with van der Waals surface area (Å²) in [7, 11) is 3.20. The van der Waals surface area contributed by atoms with E-state index in [1.54, 1.807) is 44.6 Å². The largest absolute Gasteiger partial charge is 0.497 e. The third-order valence-electron chi connectivity index (χ3n) is 5.12. The van der Waals surface area contributed by atoms with Crippen LogP contribution in [0.5, 0.6) is 17.2 Å². The van der Waals surface area contributed by atoms with Gasteiger partial charge in [-0.2, -0.15) is 0 Å².